The van der Waals surface area contributed by atoms with Gasteiger partial charge in [0, 0.05) is 15.8 Å². The van der Waals surface area contributed by atoms with Gasteiger partial charge in [0.25, 0.3) is 0 Å². The highest BCUT2D eigenvalue weighted by Crippen LogP contribution is 2.44. The smallest absolute Gasteiger partial charge is 0.125 e. The predicted molar refractivity (Wildman–Crippen MR) is 127 cm³/mol. The fourth-order valence-electron chi connectivity index (χ4n) is 4.46. The van der Waals surface area contributed by atoms with Gasteiger partial charge >= 0.3 is 0 Å². The third-order valence-corrected chi connectivity index (χ3v) is 7.13. The van der Waals surface area contributed by atoms with Crippen LogP contribution in [0.5, 0.6) is 5.75 Å². The molecule has 0 radical (unpaired) electrons. The summed E-state index contributed by atoms with van der Waals surface area (Å²) in [6.07, 6.45) is 3.56. The number of halogens is 1. The van der Waals surface area contributed by atoms with Crippen LogP contribution in [0, 0.1) is 19.8 Å². The topological polar surface area (TPSA) is 35.3 Å². The molecule has 0 bridgehead atoms. The largest absolute Gasteiger partial charge is 0.497 e. The van der Waals surface area contributed by atoms with Gasteiger partial charge in [-0.2, -0.15) is 0 Å². The van der Waals surface area contributed by atoms with Crippen molar-refractivity contribution in [3.05, 3.63) is 58.4 Å². The average molecular weight is 440 g/mol. The Kier molecular flexibility index (Phi) is 5.65. The molecule has 156 valence electrons. The maximum atomic E-state index is 5.80. The van der Waals surface area contributed by atoms with E-state index in [0.717, 1.165) is 52.1 Å². The Balaban J connectivity index is 0.00000218. The molecule has 1 atom stereocenters. The number of thiophene rings is 1. The van der Waals surface area contributed by atoms with Crippen LogP contribution >= 0.6 is 23.7 Å². The zero-order chi connectivity index (χ0) is 20.1. The molecule has 3 aromatic heterocycles. The average Bonchev–Trinajstić information content (AvgIpc) is 3.25. The van der Waals surface area contributed by atoms with Gasteiger partial charge < -0.3 is 9.15 Å². The van der Waals surface area contributed by atoms with Crippen LogP contribution in [0.2, 0.25) is 0 Å². The van der Waals surface area contributed by atoms with Crippen molar-refractivity contribution in [2.75, 3.05) is 7.11 Å². The molecule has 3 heterocycles. The Bertz CT molecular complexity index is 1210. The maximum absolute atomic E-state index is 5.80. The summed E-state index contributed by atoms with van der Waals surface area (Å²) < 4.78 is 11.2. The Morgan fingerprint density at radius 1 is 1.10 bits per heavy atom. The lowest BCUT2D eigenvalue weighted by Gasteiger charge is -2.18. The van der Waals surface area contributed by atoms with Gasteiger partial charge in [0.1, 0.15) is 22.1 Å². The second-order valence-electron chi connectivity index (χ2n) is 8.14. The van der Waals surface area contributed by atoms with Crippen LogP contribution in [0.1, 0.15) is 35.3 Å². The molecule has 1 aromatic carbocycles. The Morgan fingerprint density at radius 2 is 1.87 bits per heavy atom. The van der Waals surface area contributed by atoms with E-state index in [1.165, 1.54) is 33.4 Å². The Morgan fingerprint density at radius 3 is 2.53 bits per heavy atom. The first-order chi connectivity index (χ1) is 14.0. The SMILES string of the molecule is COc1ccc(-c2cc(-c3cc(C)oc3C)nc3sc4c(c23)CCC(C)C4)cc1.Cl. The van der Waals surface area contributed by atoms with Crippen molar-refractivity contribution in [2.45, 2.75) is 40.0 Å². The number of furan rings is 1. The monoisotopic (exact) mass is 439 g/mol. The van der Waals surface area contributed by atoms with E-state index in [1.807, 2.05) is 37.3 Å². The van der Waals surface area contributed by atoms with E-state index in [1.54, 1.807) is 7.11 Å². The Hall–Kier alpha value is -2.30. The van der Waals surface area contributed by atoms with Gasteiger partial charge in [0.05, 0.1) is 12.8 Å². The summed E-state index contributed by atoms with van der Waals surface area (Å²) in [6, 6.07) is 12.7. The van der Waals surface area contributed by atoms with Gasteiger partial charge in [-0.05, 0) is 80.0 Å². The molecule has 0 saturated heterocycles. The molecule has 1 aliphatic rings. The molecule has 5 heteroatoms. The minimum absolute atomic E-state index is 0. The number of hydrogen-bond acceptors (Lipinski definition) is 4. The molecule has 1 unspecified atom stereocenters. The molecule has 3 nitrogen and oxygen atoms in total. The third kappa shape index (κ3) is 3.52. The molecule has 30 heavy (non-hydrogen) atoms. The van der Waals surface area contributed by atoms with Gasteiger partial charge in [0.2, 0.25) is 0 Å². The van der Waals surface area contributed by atoms with Gasteiger partial charge in [-0.15, -0.1) is 23.7 Å². The third-order valence-electron chi connectivity index (χ3n) is 5.98. The van der Waals surface area contributed by atoms with Crippen LogP contribution < -0.4 is 4.74 Å². The normalized spacial score (nSPS) is 15.7. The summed E-state index contributed by atoms with van der Waals surface area (Å²) in [7, 11) is 1.71. The molecule has 0 amide bonds. The summed E-state index contributed by atoms with van der Waals surface area (Å²) in [5.74, 6) is 3.47. The van der Waals surface area contributed by atoms with Crippen LogP contribution in [0.4, 0.5) is 0 Å². The van der Waals surface area contributed by atoms with E-state index in [0.29, 0.717) is 0 Å². The lowest BCUT2D eigenvalue weighted by Crippen LogP contribution is -2.08. The molecule has 0 aliphatic heterocycles. The number of ether oxygens (including phenoxy) is 1. The molecule has 0 spiro atoms. The van der Waals surface area contributed by atoms with Crippen LogP contribution in [-0.4, -0.2) is 12.1 Å². The van der Waals surface area contributed by atoms with Crippen molar-refractivity contribution >= 4 is 34.0 Å². The van der Waals surface area contributed by atoms with Crippen molar-refractivity contribution in [3.8, 4) is 28.1 Å². The van der Waals surface area contributed by atoms with Gasteiger partial charge in [-0.3, -0.25) is 0 Å². The highest BCUT2D eigenvalue weighted by molar-refractivity contribution is 7.19. The first-order valence-electron chi connectivity index (χ1n) is 10.2. The zero-order valence-corrected chi connectivity index (χ0v) is 19.4. The van der Waals surface area contributed by atoms with E-state index < -0.39 is 0 Å². The number of benzene rings is 1. The number of aromatic nitrogens is 1. The number of pyridine rings is 1. The van der Waals surface area contributed by atoms with Crippen molar-refractivity contribution in [2.24, 2.45) is 5.92 Å². The van der Waals surface area contributed by atoms with E-state index in [9.17, 15) is 0 Å². The molecular formula is C25H26ClNO2S. The number of rotatable bonds is 3. The zero-order valence-electron chi connectivity index (χ0n) is 17.7. The van der Waals surface area contributed by atoms with Gasteiger partial charge in [-0.25, -0.2) is 4.98 Å². The van der Waals surface area contributed by atoms with Gasteiger partial charge in [0.15, 0.2) is 0 Å². The summed E-state index contributed by atoms with van der Waals surface area (Å²) in [5, 5.41) is 1.34. The minimum Gasteiger partial charge on any atom is -0.497 e. The molecule has 0 N–H and O–H groups in total. The fourth-order valence-corrected chi connectivity index (χ4v) is 5.87. The van der Waals surface area contributed by atoms with Crippen LogP contribution in [-0.2, 0) is 12.8 Å². The predicted octanol–water partition coefficient (Wildman–Crippen LogP) is 7.40. The standard InChI is InChI=1S/C25H25NO2S.ClH/c1-14-5-10-19-23(11-14)29-25-24(19)21(17-6-8-18(27-4)9-7-17)13-22(26-25)20-12-15(2)28-16(20)3;/h6-9,12-14H,5,10-11H2,1-4H3;1H. The van der Waals surface area contributed by atoms with E-state index in [2.05, 4.69) is 31.2 Å². The van der Waals surface area contributed by atoms with Gasteiger partial charge in [-0.1, -0.05) is 19.1 Å². The fraction of sp³-hybridized carbons (Fsp3) is 0.320. The summed E-state index contributed by atoms with van der Waals surface area (Å²) >= 11 is 1.88. The number of fused-ring (bicyclic) bond motifs is 3. The highest BCUT2D eigenvalue weighted by Gasteiger charge is 2.24. The van der Waals surface area contributed by atoms with E-state index in [4.69, 9.17) is 14.1 Å². The number of hydrogen-bond donors (Lipinski definition) is 0. The van der Waals surface area contributed by atoms with Crippen molar-refractivity contribution < 1.29 is 9.15 Å². The van der Waals surface area contributed by atoms with Crippen molar-refractivity contribution in [1.29, 1.82) is 0 Å². The quantitative estimate of drug-likeness (QED) is 0.333. The molecule has 5 rings (SSSR count). The lowest BCUT2D eigenvalue weighted by molar-refractivity contribution is 0.415. The number of nitrogens with zero attached hydrogens (tertiary/aromatic N) is 1. The minimum atomic E-state index is 0. The molecule has 0 saturated carbocycles. The summed E-state index contributed by atoms with van der Waals surface area (Å²) in [4.78, 5) is 7.76. The Labute approximate surface area is 187 Å². The summed E-state index contributed by atoms with van der Waals surface area (Å²) in [6.45, 7) is 6.36. The summed E-state index contributed by atoms with van der Waals surface area (Å²) in [5.41, 5.74) is 6.05. The van der Waals surface area contributed by atoms with Crippen molar-refractivity contribution in [1.82, 2.24) is 4.98 Å². The highest BCUT2D eigenvalue weighted by atomic mass is 35.5. The first kappa shape index (κ1) is 21.0. The molecule has 0 fully saturated rings. The van der Waals surface area contributed by atoms with Crippen LogP contribution in [0.15, 0.2) is 40.8 Å². The molecule has 4 aromatic rings. The molecular weight excluding hydrogens is 414 g/mol. The second-order valence-corrected chi connectivity index (χ2v) is 9.23. The number of methoxy groups -OCH3 is 1. The van der Waals surface area contributed by atoms with Crippen LogP contribution in [0.25, 0.3) is 32.6 Å². The van der Waals surface area contributed by atoms with Crippen molar-refractivity contribution in [3.63, 3.8) is 0 Å². The van der Waals surface area contributed by atoms with Crippen LogP contribution in [0.3, 0.4) is 0 Å². The first-order valence-corrected chi connectivity index (χ1v) is 11.0. The lowest BCUT2D eigenvalue weighted by atomic mass is 9.87. The number of aryl methyl sites for hydroxylation is 3. The second kappa shape index (κ2) is 8.09. The molecule has 1 aliphatic carbocycles. The van der Waals surface area contributed by atoms with E-state index in [-0.39, 0.29) is 12.4 Å². The van der Waals surface area contributed by atoms with E-state index >= 15 is 0 Å². The maximum Gasteiger partial charge on any atom is 0.125 e.